The predicted molar refractivity (Wildman–Crippen MR) is 71.8 cm³/mol. The summed E-state index contributed by atoms with van der Waals surface area (Å²) in [6, 6.07) is 0.478. The molecule has 2 N–H and O–H groups in total. The Balaban J connectivity index is 2.07. The number of likely N-dealkylation sites (N-methyl/N-ethyl adjacent to an activating group) is 1. The van der Waals surface area contributed by atoms with E-state index in [-0.39, 0.29) is 30.3 Å². The highest BCUT2D eigenvalue weighted by Gasteiger charge is 2.46. The lowest BCUT2D eigenvalue weighted by molar-refractivity contribution is -0.143. The number of piperidine rings is 1. The highest BCUT2D eigenvalue weighted by molar-refractivity contribution is 5.86. The van der Waals surface area contributed by atoms with Gasteiger partial charge in [0.05, 0.1) is 5.54 Å². The molecule has 19 heavy (non-hydrogen) atoms. The number of carboxylic acids is 1. The van der Waals surface area contributed by atoms with Crippen LogP contribution in [0.25, 0.3) is 0 Å². The smallest absolute Gasteiger partial charge is 0.303 e. The minimum Gasteiger partial charge on any atom is -0.481 e. The van der Waals surface area contributed by atoms with E-state index >= 15 is 0 Å². The molecule has 2 fully saturated rings. The second-order valence-corrected chi connectivity index (χ2v) is 6.41. The van der Waals surface area contributed by atoms with Crippen molar-refractivity contribution in [1.29, 1.82) is 0 Å². The van der Waals surface area contributed by atoms with E-state index < -0.39 is 11.5 Å². The van der Waals surface area contributed by atoms with Crippen LogP contribution in [0.1, 0.15) is 46.0 Å². The molecule has 0 aliphatic carbocycles. The molecule has 0 spiro atoms. The van der Waals surface area contributed by atoms with E-state index in [1.165, 1.54) is 0 Å². The monoisotopic (exact) mass is 268 g/mol. The number of hydrogen-bond donors (Lipinski definition) is 2. The second-order valence-electron chi connectivity index (χ2n) is 6.41. The molecule has 2 aliphatic heterocycles. The third kappa shape index (κ3) is 2.76. The van der Waals surface area contributed by atoms with E-state index in [2.05, 4.69) is 5.32 Å². The van der Waals surface area contributed by atoms with Gasteiger partial charge in [0, 0.05) is 18.5 Å². The summed E-state index contributed by atoms with van der Waals surface area (Å²) in [6.07, 6.45) is 3.96. The van der Waals surface area contributed by atoms with Crippen LogP contribution in [0.3, 0.4) is 0 Å². The molecule has 2 bridgehead atoms. The van der Waals surface area contributed by atoms with Crippen molar-refractivity contribution in [3.8, 4) is 0 Å². The molecule has 0 saturated carbocycles. The van der Waals surface area contributed by atoms with E-state index in [0.29, 0.717) is 0 Å². The molecule has 5 nitrogen and oxygen atoms in total. The van der Waals surface area contributed by atoms with E-state index in [0.717, 1.165) is 25.7 Å². The van der Waals surface area contributed by atoms with Crippen LogP contribution >= 0.6 is 0 Å². The number of fused-ring (bicyclic) bond motifs is 2. The van der Waals surface area contributed by atoms with Gasteiger partial charge in [0.15, 0.2) is 0 Å². The predicted octanol–water partition coefficient (Wildman–Crippen LogP) is 1.23. The van der Waals surface area contributed by atoms with E-state index in [4.69, 9.17) is 5.11 Å². The molecule has 0 aromatic heterocycles. The van der Waals surface area contributed by atoms with E-state index in [1.807, 2.05) is 18.7 Å². The Morgan fingerprint density at radius 1 is 1.26 bits per heavy atom. The SMILES string of the molecule is CNC(C)(C)C(=O)N1C2CCC1CC(CC(=O)O)C2. The summed E-state index contributed by atoms with van der Waals surface area (Å²) < 4.78 is 0. The number of nitrogens with one attached hydrogen (secondary N) is 1. The molecule has 5 heteroatoms. The van der Waals surface area contributed by atoms with Crippen molar-refractivity contribution in [1.82, 2.24) is 10.2 Å². The molecule has 1 amide bonds. The van der Waals surface area contributed by atoms with Gasteiger partial charge in [-0.25, -0.2) is 0 Å². The Morgan fingerprint density at radius 3 is 2.21 bits per heavy atom. The minimum atomic E-state index is -0.722. The lowest BCUT2D eigenvalue weighted by Crippen LogP contribution is -2.58. The summed E-state index contributed by atoms with van der Waals surface area (Å²) in [7, 11) is 1.80. The van der Waals surface area contributed by atoms with Gasteiger partial charge in [-0.1, -0.05) is 0 Å². The third-order valence-corrected chi connectivity index (χ3v) is 4.69. The van der Waals surface area contributed by atoms with Crippen molar-refractivity contribution in [2.75, 3.05) is 7.05 Å². The van der Waals surface area contributed by atoms with Crippen molar-refractivity contribution in [2.24, 2.45) is 5.92 Å². The molecule has 2 aliphatic rings. The van der Waals surface area contributed by atoms with Gasteiger partial charge in [-0.2, -0.15) is 0 Å². The Labute approximate surface area is 114 Å². The first-order chi connectivity index (χ1) is 8.85. The van der Waals surface area contributed by atoms with E-state index in [1.54, 1.807) is 7.05 Å². The van der Waals surface area contributed by atoms with Gasteiger partial charge in [0.1, 0.15) is 0 Å². The van der Waals surface area contributed by atoms with Crippen LogP contribution in [-0.2, 0) is 9.59 Å². The fraction of sp³-hybridized carbons (Fsp3) is 0.857. The van der Waals surface area contributed by atoms with Gasteiger partial charge in [0.2, 0.25) is 5.91 Å². The van der Waals surface area contributed by atoms with Crippen molar-refractivity contribution in [2.45, 2.75) is 63.6 Å². The summed E-state index contributed by atoms with van der Waals surface area (Å²) in [5.41, 5.74) is -0.541. The summed E-state index contributed by atoms with van der Waals surface area (Å²) in [4.78, 5) is 25.4. The Kier molecular flexibility index (Phi) is 3.85. The number of amides is 1. The molecule has 2 rings (SSSR count). The number of carbonyl (C=O) groups is 2. The van der Waals surface area contributed by atoms with Crippen molar-refractivity contribution < 1.29 is 14.7 Å². The Morgan fingerprint density at radius 2 is 1.79 bits per heavy atom. The van der Waals surface area contributed by atoms with Crippen molar-refractivity contribution in [3.63, 3.8) is 0 Å². The lowest BCUT2D eigenvalue weighted by atomic mass is 9.87. The molecular formula is C14H24N2O3. The maximum absolute atomic E-state index is 12.6. The average Bonchev–Trinajstić information content (AvgIpc) is 2.59. The minimum absolute atomic E-state index is 0.149. The van der Waals surface area contributed by atoms with Crippen LogP contribution in [0.5, 0.6) is 0 Å². The lowest BCUT2D eigenvalue weighted by Gasteiger charge is -2.42. The zero-order chi connectivity index (χ0) is 14.2. The van der Waals surface area contributed by atoms with Gasteiger partial charge in [0.25, 0.3) is 0 Å². The number of aliphatic carboxylic acids is 1. The number of nitrogens with zero attached hydrogens (tertiary/aromatic N) is 1. The molecule has 0 aromatic rings. The van der Waals surface area contributed by atoms with Crippen LogP contribution in [0.4, 0.5) is 0 Å². The van der Waals surface area contributed by atoms with E-state index in [9.17, 15) is 9.59 Å². The zero-order valence-electron chi connectivity index (χ0n) is 12.0. The fourth-order valence-electron chi connectivity index (χ4n) is 3.46. The first-order valence-corrected chi connectivity index (χ1v) is 7.08. The maximum Gasteiger partial charge on any atom is 0.303 e. The normalized spacial score (nSPS) is 30.5. The Bertz CT molecular complexity index is 367. The molecule has 2 saturated heterocycles. The number of carbonyl (C=O) groups excluding carboxylic acids is 1. The van der Waals surface area contributed by atoms with Crippen molar-refractivity contribution in [3.05, 3.63) is 0 Å². The van der Waals surface area contributed by atoms with Gasteiger partial charge < -0.3 is 15.3 Å². The first kappa shape index (κ1) is 14.3. The van der Waals surface area contributed by atoms with Gasteiger partial charge in [-0.05, 0) is 52.5 Å². The number of carboxylic acid groups (broad SMARTS) is 1. The molecule has 2 unspecified atom stereocenters. The van der Waals surface area contributed by atoms with Gasteiger partial charge in [-0.3, -0.25) is 9.59 Å². The summed E-state index contributed by atoms with van der Waals surface area (Å²) in [6.45, 7) is 3.80. The standard InChI is InChI=1S/C14H24N2O3/c1-14(2,15-3)13(19)16-10-4-5-11(16)7-9(6-10)8-12(17)18/h9-11,15H,4-8H2,1-3H3,(H,17,18). The largest absolute Gasteiger partial charge is 0.481 e. The molecule has 0 radical (unpaired) electrons. The maximum atomic E-state index is 12.6. The summed E-state index contributed by atoms with van der Waals surface area (Å²) in [5, 5.41) is 12.0. The van der Waals surface area contributed by atoms with Crippen molar-refractivity contribution >= 4 is 11.9 Å². The third-order valence-electron chi connectivity index (χ3n) is 4.69. The zero-order valence-corrected chi connectivity index (χ0v) is 12.0. The van der Waals surface area contributed by atoms with Gasteiger partial charge in [-0.15, -0.1) is 0 Å². The number of hydrogen-bond acceptors (Lipinski definition) is 3. The molecule has 2 atom stereocenters. The molecular weight excluding hydrogens is 244 g/mol. The van der Waals surface area contributed by atoms with Crippen LogP contribution in [-0.4, -0.2) is 46.6 Å². The molecule has 108 valence electrons. The second kappa shape index (κ2) is 5.12. The highest BCUT2D eigenvalue weighted by Crippen LogP contribution is 2.40. The van der Waals surface area contributed by atoms with Crippen LogP contribution < -0.4 is 5.32 Å². The Hall–Kier alpha value is -1.10. The fourth-order valence-corrected chi connectivity index (χ4v) is 3.46. The topological polar surface area (TPSA) is 69.6 Å². The highest BCUT2D eigenvalue weighted by atomic mass is 16.4. The quantitative estimate of drug-likeness (QED) is 0.804. The average molecular weight is 268 g/mol. The molecule has 2 heterocycles. The van der Waals surface area contributed by atoms with Crippen LogP contribution in [0.15, 0.2) is 0 Å². The van der Waals surface area contributed by atoms with Crippen LogP contribution in [0, 0.1) is 5.92 Å². The molecule has 0 aromatic carbocycles. The van der Waals surface area contributed by atoms with Crippen LogP contribution in [0.2, 0.25) is 0 Å². The number of rotatable bonds is 4. The summed E-state index contributed by atoms with van der Waals surface area (Å²) in [5.74, 6) is -0.340. The first-order valence-electron chi connectivity index (χ1n) is 7.08. The van der Waals surface area contributed by atoms with Gasteiger partial charge >= 0.3 is 5.97 Å². The summed E-state index contributed by atoms with van der Waals surface area (Å²) >= 11 is 0.